The molecule has 0 aliphatic heterocycles. The highest BCUT2D eigenvalue weighted by atomic mass is 19.1. The number of hydrogen-bond donors (Lipinski definition) is 1. The first kappa shape index (κ1) is 15.3. The molecule has 8 heteroatoms. The van der Waals surface area contributed by atoms with Gasteiger partial charge in [0.2, 0.25) is 0 Å². The van der Waals surface area contributed by atoms with Crippen molar-refractivity contribution in [3.05, 3.63) is 37.2 Å². The molecule has 0 radical (unpaired) electrons. The van der Waals surface area contributed by atoms with E-state index in [-0.39, 0.29) is 6.42 Å². The van der Waals surface area contributed by atoms with E-state index < -0.39 is 17.5 Å². The number of aliphatic imine (C=N–C) groups is 1. The van der Waals surface area contributed by atoms with E-state index in [1.54, 1.807) is 22.1 Å². The molecular weight excluding hydrogens is 299 g/mol. The topological polar surface area (TPSA) is 79.4 Å². The van der Waals surface area contributed by atoms with Crippen LogP contribution >= 0.6 is 0 Å². The summed E-state index contributed by atoms with van der Waals surface area (Å²) in [5.41, 5.74) is -0.582. The van der Waals surface area contributed by atoms with Gasteiger partial charge in [0.25, 0.3) is 0 Å². The first-order valence-electron chi connectivity index (χ1n) is 7.06. The van der Waals surface area contributed by atoms with Crippen molar-refractivity contribution in [1.29, 1.82) is 0 Å². The van der Waals surface area contributed by atoms with Crippen LogP contribution in [-0.2, 0) is 0 Å². The number of nitrogens with zero attached hydrogens (tertiary/aromatic N) is 6. The number of imidazole rings is 1. The highest BCUT2D eigenvalue weighted by molar-refractivity contribution is 5.83. The van der Waals surface area contributed by atoms with Crippen LogP contribution in [0.2, 0.25) is 0 Å². The van der Waals surface area contributed by atoms with E-state index in [1.165, 1.54) is 18.5 Å². The van der Waals surface area contributed by atoms with Crippen molar-refractivity contribution in [3.8, 4) is 0 Å². The lowest BCUT2D eigenvalue weighted by atomic mass is 10.0. The third-order valence-corrected chi connectivity index (χ3v) is 3.72. The molecule has 1 N–H and O–H groups in total. The number of aromatic nitrogens is 4. The predicted molar refractivity (Wildman–Crippen MR) is 85.2 cm³/mol. The maximum Gasteiger partial charge on any atom is 0.184 e. The summed E-state index contributed by atoms with van der Waals surface area (Å²) in [5, 5.41) is 10.2. The Morgan fingerprint density at radius 2 is 2.26 bits per heavy atom. The van der Waals surface area contributed by atoms with Gasteiger partial charge in [-0.25, -0.2) is 24.3 Å². The molecule has 2 aromatic heterocycles. The molecule has 2 heterocycles. The predicted octanol–water partition coefficient (Wildman–Crippen LogP) is 1.76. The first-order valence-corrected chi connectivity index (χ1v) is 7.06. The van der Waals surface area contributed by atoms with Crippen LogP contribution in [0.4, 0.5) is 10.2 Å². The molecule has 23 heavy (non-hydrogen) atoms. The second-order valence-corrected chi connectivity index (χ2v) is 5.64. The van der Waals surface area contributed by atoms with Crippen molar-refractivity contribution in [3.63, 3.8) is 0 Å². The van der Waals surface area contributed by atoms with E-state index >= 15 is 0 Å². The average Bonchev–Trinajstić information content (AvgIpc) is 3.07. The Bertz CT molecular complexity index is 811. The molecule has 0 saturated heterocycles. The molecule has 2 atom stereocenters. The van der Waals surface area contributed by atoms with Crippen LogP contribution < -0.4 is 0 Å². The third kappa shape index (κ3) is 2.61. The second kappa shape index (κ2) is 5.54. The van der Waals surface area contributed by atoms with Gasteiger partial charge < -0.3 is 14.6 Å². The fraction of sp³-hybridized carbons (Fsp3) is 0.333. The van der Waals surface area contributed by atoms with Gasteiger partial charge in [-0.05, 0) is 6.08 Å². The summed E-state index contributed by atoms with van der Waals surface area (Å²) in [6, 6.07) is -0.399. The number of hydrogen-bond acceptors (Lipinski definition) is 5. The maximum atomic E-state index is 13.9. The van der Waals surface area contributed by atoms with Gasteiger partial charge in [-0.1, -0.05) is 12.7 Å². The quantitative estimate of drug-likeness (QED) is 0.528. The molecule has 0 bridgehead atoms. The number of rotatable bonds is 4. The Morgan fingerprint density at radius 3 is 2.91 bits per heavy atom. The SMILES string of the molecule is C=C[C@]1(O)C[C@@H](n2cnc3c(N=CN(C)C)ncnc32)C=C1F. The van der Waals surface area contributed by atoms with E-state index in [0.29, 0.717) is 17.0 Å². The number of allylic oxidation sites excluding steroid dienone is 1. The van der Waals surface area contributed by atoms with Gasteiger partial charge in [-0.2, -0.15) is 0 Å². The summed E-state index contributed by atoms with van der Waals surface area (Å²) in [4.78, 5) is 18.6. The van der Waals surface area contributed by atoms with Crippen LogP contribution in [0.5, 0.6) is 0 Å². The van der Waals surface area contributed by atoms with Gasteiger partial charge in [-0.15, -0.1) is 0 Å². The molecule has 0 saturated carbocycles. The molecule has 0 fully saturated rings. The van der Waals surface area contributed by atoms with Crippen molar-refractivity contribution in [2.24, 2.45) is 4.99 Å². The molecule has 0 unspecified atom stereocenters. The summed E-state index contributed by atoms with van der Waals surface area (Å²) in [6.07, 6.45) is 7.27. The van der Waals surface area contributed by atoms with Crippen LogP contribution in [0, 0.1) is 0 Å². The molecule has 1 aliphatic carbocycles. The molecule has 120 valence electrons. The number of fused-ring (bicyclic) bond motifs is 1. The summed E-state index contributed by atoms with van der Waals surface area (Å²) in [6.45, 7) is 3.49. The van der Waals surface area contributed by atoms with Gasteiger partial charge in [0, 0.05) is 20.5 Å². The lowest BCUT2D eigenvalue weighted by Crippen LogP contribution is -2.24. The fourth-order valence-electron chi connectivity index (χ4n) is 2.49. The fourth-order valence-corrected chi connectivity index (χ4v) is 2.49. The summed E-state index contributed by atoms with van der Waals surface area (Å²) in [7, 11) is 3.70. The minimum atomic E-state index is -1.64. The molecule has 1 aliphatic rings. The van der Waals surface area contributed by atoms with Crippen LogP contribution in [0.15, 0.2) is 42.2 Å². The molecule has 0 amide bonds. The lowest BCUT2D eigenvalue weighted by molar-refractivity contribution is 0.100. The largest absolute Gasteiger partial charge is 0.379 e. The summed E-state index contributed by atoms with van der Waals surface area (Å²) < 4.78 is 15.6. The van der Waals surface area contributed by atoms with Crippen LogP contribution in [0.1, 0.15) is 12.5 Å². The second-order valence-electron chi connectivity index (χ2n) is 5.64. The molecule has 3 rings (SSSR count). The molecule has 7 nitrogen and oxygen atoms in total. The van der Waals surface area contributed by atoms with Gasteiger partial charge in [0.1, 0.15) is 17.8 Å². The Labute approximate surface area is 132 Å². The Balaban J connectivity index is 2.02. The standard InChI is InChI=1S/C15H17FN6O/c1-4-15(23)6-10(5-11(15)16)22-9-19-12-13(20-8-21(2)3)17-7-18-14(12)22/h4-5,7-10,23H,1,6H2,2-3H3/t10-,15-/m0/s1. The highest BCUT2D eigenvalue weighted by Gasteiger charge is 2.39. The van der Waals surface area contributed by atoms with Crippen LogP contribution in [-0.4, -0.2) is 55.6 Å². The van der Waals surface area contributed by atoms with E-state index in [4.69, 9.17) is 0 Å². The summed E-state index contributed by atoms with van der Waals surface area (Å²) >= 11 is 0. The molecular formula is C15H17FN6O. The lowest BCUT2D eigenvalue weighted by Gasteiger charge is -2.19. The minimum absolute atomic E-state index is 0.147. The van der Waals surface area contributed by atoms with Crippen LogP contribution in [0.25, 0.3) is 11.2 Å². The first-order chi connectivity index (χ1) is 10.9. The van der Waals surface area contributed by atoms with Crippen molar-refractivity contribution in [2.75, 3.05) is 14.1 Å². The van der Waals surface area contributed by atoms with Gasteiger partial charge in [0.05, 0.1) is 18.7 Å². The van der Waals surface area contributed by atoms with E-state index in [0.717, 1.165) is 0 Å². The Kier molecular flexibility index (Phi) is 3.69. The Morgan fingerprint density at radius 1 is 1.48 bits per heavy atom. The smallest absolute Gasteiger partial charge is 0.184 e. The highest BCUT2D eigenvalue weighted by Crippen LogP contribution is 2.39. The van der Waals surface area contributed by atoms with Crippen molar-refractivity contribution in [1.82, 2.24) is 24.4 Å². The van der Waals surface area contributed by atoms with Gasteiger partial charge >= 0.3 is 0 Å². The normalized spacial score (nSPS) is 24.3. The van der Waals surface area contributed by atoms with Crippen LogP contribution in [0.3, 0.4) is 0 Å². The van der Waals surface area contributed by atoms with E-state index in [9.17, 15) is 9.50 Å². The average molecular weight is 316 g/mol. The zero-order valence-corrected chi connectivity index (χ0v) is 12.9. The van der Waals surface area contributed by atoms with Crippen molar-refractivity contribution < 1.29 is 9.50 Å². The van der Waals surface area contributed by atoms with Crippen molar-refractivity contribution in [2.45, 2.75) is 18.1 Å². The van der Waals surface area contributed by atoms with Gasteiger partial charge in [-0.3, -0.25) is 0 Å². The van der Waals surface area contributed by atoms with Crippen molar-refractivity contribution >= 4 is 23.3 Å². The zero-order chi connectivity index (χ0) is 16.6. The van der Waals surface area contributed by atoms with Gasteiger partial charge in [0.15, 0.2) is 17.0 Å². The third-order valence-electron chi connectivity index (χ3n) is 3.72. The van der Waals surface area contributed by atoms with E-state index in [2.05, 4.69) is 26.5 Å². The minimum Gasteiger partial charge on any atom is -0.379 e. The Hall–Kier alpha value is -2.61. The summed E-state index contributed by atoms with van der Waals surface area (Å²) in [5.74, 6) is -0.178. The van der Waals surface area contributed by atoms with E-state index in [1.807, 2.05) is 14.1 Å². The molecule has 0 spiro atoms. The number of halogens is 1. The molecule has 0 aromatic carbocycles. The maximum absolute atomic E-state index is 13.9. The monoisotopic (exact) mass is 316 g/mol. The molecule has 2 aromatic rings. The number of aliphatic hydroxyl groups is 1. The zero-order valence-electron chi connectivity index (χ0n) is 12.9.